The van der Waals surface area contributed by atoms with E-state index in [9.17, 15) is 13.2 Å². The number of rotatable bonds is 6. The van der Waals surface area contributed by atoms with E-state index in [1.54, 1.807) is 6.07 Å². The number of nitrogens with zero attached hydrogens (tertiary/aromatic N) is 2. The lowest BCUT2D eigenvalue weighted by atomic mass is 10.2. The van der Waals surface area contributed by atoms with Crippen molar-refractivity contribution in [2.24, 2.45) is 0 Å². The zero-order chi connectivity index (χ0) is 22.1. The van der Waals surface area contributed by atoms with E-state index in [0.717, 1.165) is 4.88 Å². The average molecular weight is 476 g/mol. The van der Waals surface area contributed by atoms with Crippen molar-refractivity contribution >= 4 is 27.3 Å². The summed E-state index contributed by atoms with van der Waals surface area (Å²) in [6.07, 6.45) is 2.55. The molecule has 32 heavy (non-hydrogen) atoms. The van der Waals surface area contributed by atoms with Gasteiger partial charge in [0.1, 0.15) is 25.5 Å². The maximum atomic E-state index is 13.3. The van der Waals surface area contributed by atoms with E-state index in [-0.39, 0.29) is 23.9 Å². The molecule has 0 radical (unpaired) electrons. The van der Waals surface area contributed by atoms with E-state index in [2.05, 4.69) is 10.3 Å². The molecular weight excluding hydrogens is 454 g/mol. The van der Waals surface area contributed by atoms with Crippen molar-refractivity contribution in [3.05, 3.63) is 47.7 Å². The van der Waals surface area contributed by atoms with E-state index >= 15 is 0 Å². The Kier molecular flexibility index (Phi) is 5.62. The third-order valence-electron chi connectivity index (χ3n) is 5.35. The first-order valence-corrected chi connectivity index (χ1v) is 12.5. The van der Waals surface area contributed by atoms with Gasteiger partial charge in [0.25, 0.3) is 0 Å². The van der Waals surface area contributed by atoms with E-state index in [1.807, 2.05) is 17.5 Å². The van der Waals surface area contributed by atoms with Crippen LogP contribution < -0.4 is 14.8 Å². The number of sulfonamides is 1. The maximum absolute atomic E-state index is 13.3. The van der Waals surface area contributed by atoms with Gasteiger partial charge in [0.2, 0.25) is 21.8 Å². The van der Waals surface area contributed by atoms with Crippen LogP contribution in [0.3, 0.4) is 0 Å². The Labute approximate surface area is 189 Å². The fraction of sp³-hybridized carbons (Fsp3) is 0.333. The van der Waals surface area contributed by atoms with Gasteiger partial charge in [0, 0.05) is 12.6 Å². The highest BCUT2D eigenvalue weighted by Crippen LogP contribution is 2.35. The van der Waals surface area contributed by atoms with E-state index in [4.69, 9.17) is 13.9 Å². The van der Waals surface area contributed by atoms with Gasteiger partial charge in [0.15, 0.2) is 11.5 Å². The van der Waals surface area contributed by atoms with Gasteiger partial charge in [-0.1, -0.05) is 6.07 Å². The fourth-order valence-corrected chi connectivity index (χ4v) is 6.13. The lowest BCUT2D eigenvalue weighted by molar-refractivity contribution is -0.124. The highest BCUT2D eigenvalue weighted by atomic mass is 32.2. The summed E-state index contributed by atoms with van der Waals surface area (Å²) in [5.41, 5.74) is 0.570. The van der Waals surface area contributed by atoms with Crippen molar-refractivity contribution in [2.45, 2.75) is 30.3 Å². The number of fused-ring (bicyclic) bond motifs is 1. The van der Waals surface area contributed by atoms with Crippen LogP contribution in [-0.2, 0) is 21.4 Å². The molecule has 1 unspecified atom stereocenters. The molecule has 2 aliphatic heterocycles. The zero-order valence-electron chi connectivity index (χ0n) is 17.0. The summed E-state index contributed by atoms with van der Waals surface area (Å²) in [6.45, 7) is 1.22. The number of nitrogens with one attached hydrogen (secondary N) is 1. The van der Waals surface area contributed by atoms with Crippen molar-refractivity contribution in [3.63, 3.8) is 0 Å². The molecule has 1 saturated heterocycles. The smallest absolute Gasteiger partial charge is 0.243 e. The number of carbonyl (C=O) groups excluding carboxylic acids is 1. The summed E-state index contributed by atoms with van der Waals surface area (Å²) in [5, 5.41) is 4.72. The predicted molar refractivity (Wildman–Crippen MR) is 116 cm³/mol. The number of ether oxygens (including phenoxy) is 2. The third kappa shape index (κ3) is 3.98. The molecule has 11 heteroatoms. The Morgan fingerprint density at radius 3 is 2.88 bits per heavy atom. The Balaban J connectivity index is 1.28. The second-order valence-corrected chi connectivity index (χ2v) is 10.3. The Morgan fingerprint density at radius 1 is 1.22 bits per heavy atom. The number of hydrogen-bond donors (Lipinski definition) is 1. The minimum Gasteiger partial charge on any atom is -0.486 e. The average Bonchev–Trinajstić information content (AvgIpc) is 3.58. The van der Waals surface area contributed by atoms with Gasteiger partial charge >= 0.3 is 0 Å². The Morgan fingerprint density at radius 2 is 2.06 bits per heavy atom. The molecule has 1 atom stereocenters. The van der Waals surface area contributed by atoms with Crippen molar-refractivity contribution in [2.75, 3.05) is 19.8 Å². The number of hydrogen-bond acceptors (Lipinski definition) is 8. The molecule has 2 aliphatic rings. The molecule has 168 valence electrons. The molecule has 1 N–H and O–H groups in total. The van der Waals surface area contributed by atoms with Gasteiger partial charge < -0.3 is 19.2 Å². The van der Waals surface area contributed by atoms with Crippen molar-refractivity contribution < 1.29 is 27.1 Å². The molecule has 4 heterocycles. The molecule has 0 bridgehead atoms. The molecule has 0 saturated carbocycles. The van der Waals surface area contributed by atoms with Crippen LogP contribution in [-0.4, -0.2) is 49.4 Å². The predicted octanol–water partition coefficient (Wildman–Crippen LogP) is 2.64. The maximum Gasteiger partial charge on any atom is 0.243 e. The Hall–Kier alpha value is -2.89. The van der Waals surface area contributed by atoms with Crippen LogP contribution in [0.25, 0.3) is 10.8 Å². The molecule has 2 aromatic heterocycles. The quantitative estimate of drug-likeness (QED) is 0.583. The molecule has 1 fully saturated rings. The summed E-state index contributed by atoms with van der Waals surface area (Å²) >= 11 is 1.51. The van der Waals surface area contributed by atoms with Gasteiger partial charge in [0.05, 0.1) is 22.0 Å². The second kappa shape index (κ2) is 8.57. The van der Waals surface area contributed by atoms with Crippen LogP contribution in [0.15, 0.2) is 51.3 Å². The third-order valence-corrected chi connectivity index (χ3v) is 8.12. The molecule has 3 aromatic rings. The molecule has 0 aliphatic carbocycles. The number of aromatic nitrogens is 1. The number of oxazole rings is 1. The fourth-order valence-electron chi connectivity index (χ4n) is 3.81. The first kappa shape index (κ1) is 21.0. The minimum atomic E-state index is -3.87. The van der Waals surface area contributed by atoms with Crippen LogP contribution in [0.1, 0.15) is 18.5 Å². The molecule has 5 rings (SSSR count). The van der Waals surface area contributed by atoms with Crippen LogP contribution in [0.5, 0.6) is 11.5 Å². The Bertz CT molecular complexity index is 1220. The van der Waals surface area contributed by atoms with Crippen LogP contribution in [0, 0.1) is 0 Å². The van der Waals surface area contributed by atoms with Gasteiger partial charge in [-0.15, -0.1) is 11.3 Å². The van der Waals surface area contributed by atoms with Gasteiger partial charge in [-0.2, -0.15) is 4.31 Å². The number of amides is 1. The first-order chi connectivity index (χ1) is 15.5. The summed E-state index contributed by atoms with van der Waals surface area (Å²) in [6, 6.07) is 7.55. The van der Waals surface area contributed by atoms with Gasteiger partial charge in [-0.05, 0) is 36.4 Å². The van der Waals surface area contributed by atoms with Crippen molar-refractivity contribution in [1.82, 2.24) is 14.6 Å². The highest BCUT2D eigenvalue weighted by molar-refractivity contribution is 7.89. The minimum absolute atomic E-state index is 0.0820. The van der Waals surface area contributed by atoms with Gasteiger partial charge in [-0.3, -0.25) is 4.79 Å². The summed E-state index contributed by atoms with van der Waals surface area (Å²) in [4.78, 5) is 18.2. The number of thiophene rings is 1. The van der Waals surface area contributed by atoms with E-state index in [1.165, 1.54) is 34.0 Å². The highest BCUT2D eigenvalue weighted by Gasteiger charge is 2.39. The lowest BCUT2D eigenvalue weighted by Crippen LogP contribution is -2.45. The van der Waals surface area contributed by atoms with Crippen molar-refractivity contribution in [1.29, 1.82) is 0 Å². The summed E-state index contributed by atoms with van der Waals surface area (Å²) in [7, 11) is -3.87. The molecule has 0 spiro atoms. The summed E-state index contributed by atoms with van der Waals surface area (Å²) < 4.78 is 44.2. The van der Waals surface area contributed by atoms with Crippen LogP contribution in [0.2, 0.25) is 0 Å². The molecule has 1 amide bonds. The normalized spacial score (nSPS) is 18.6. The van der Waals surface area contributed by atoms with Crippen LogP contribution in [0.4, 0.5) is 0 Å². The van der Waals surface area contributed by atoms with Gasteiger partial charge in [-0.25, -0.2) is 13.4 Å². The number of benzene rings is 1. The topological polar surface area (TPSA) is 111 Å². The molecular formula is C21H21N3O6S2. The van der Waals surface area contributed by atoms with Crippen LogP contribution >= 0.6 is 11.3 Å². The summed E-state index contributed by atoms with van der Waals surface area (Å²) in [5.74, 6) is 1.04. The lowest BCUT2D eigenvalue weighted by Gasteiger charge is -2.24. The van der Waals surface area contributed by atoms with E-state index < -0.39 is 16.1 Å². The largest absolute Gasteiger partial charge is 0.486 e. The molecule has 9 nitrogen and oxygen atoms in total. The second-order valence-electron chi connectivity index (χ2n) is 7.42. The molecule has 1 aromatic carbocycles. The van der Waals surface area contributed by atoms with E-state index in [0.29, 0.717) is 49.1 Å². The van der Waals surface area contributed by atoms with Crippen molar-refractivity contribution in [3.8, 4) is 22.3 Å². The zero-order valence-corrected chi connectivity index (χ0v) is 18.7. The monoisotopic (exact) mass is 475 g/mol. The number of carbonyl (C=O) groups is 1. The standard InChI is InChI=1S/C21H21N3O6S2/c25-20(22-12-14-13-30-21(23-14)19-4-2-10-31-19)16-3-1-7-24(16)32(26,27)15-5-6-17-18(11-15)29-9-8-28-17/h2,4-6,10-11,13,16H,1,3,7-9,12H2,(H,22,25). The first-order valence-electron chi connectivity index (χ1n) is 10.2. The SMILES string of the molecule is O=C(NCc1coc(-c2cccs2)n1)C1CCCN1S(=O)(=O)c1ccc2c(c1)OCCO2.